The Morgan fingerprint density at radius 1 is 0.562 bits per heavy atom. The van der Waals surface area contributed by atoms with Gasteiger partial charge in [0, 0.05) is 7.26 Å². The van der Waals surface area contributed by atoms with Gasteiger partial charge in [0.25, 0.3) is 0 Å². The second kappa shape index (κ2) is 10.6. The fourth-order valence-corrected chi connectivity index (χ4v) is 7.10. The van der Waals surface area contributed by atoms with Gasteiger partial charge in [0.05, 0.1) is 24.6 Å². The summed E-state index contributed by atoms with van der Waals surface area (Å²) in [6.07, 6.45) is 16.4. The quantitative estimate of drug-likeness (QED) is 0.318. The Labute approximate surface area is 105 Å². The third-order valence-corrected chi connectivity index (χ3v) is 9.11. The van der Waals surface area contributed by atoms with Gasteiger partial charge < -0.3 is 0 Å². The molecule has 0 nitrogen and oxygen atoms in total. The highest BCUT2D eigenvalue weighted by molar-refractivity contribution is 7.75. The van der Waals surface area contributed by atoms with Crippen LogP contribution < -0.4 is 0 Å². The number of hydrogen-bond acceptors (Lipinski definition) is 0. The van der Waals surface area contributed by atoms with Crippen molar-refractivity contribution in [2.75, 3.05) is 24.6 Å². The molecule has 0 aliphatic rings. The molecule has 0 aromatic carbocycles. The molecule has 0 aliphatic carbocycles. The van der Waals surface area contributed by atoms with E-state index >= 15 is 0 Å². The molecule has 0 rings (SSSR count). The van der Waals surface area contributed by atoms with Crippen LogP contribution in [0.3, 0.4) is 0 Å². The fraction of sp³-hybridized carbons (Fsp3) is 1.00. The van der Waals surface area contributed by atoms with Crippen LogP contribution in [0.4, 0.5) is 0 Å². The Balaban J connectivity index is 4.04. The van der Waals surface area contributed by atoms with E-state index in [2.05, 4.69) is 27.7 Å². The molecule has 0 aromatic rings. The minimum Gasteiger partial charge on any atom is -0.0654 e. The van der Waals surface area contributed by atoms with Gasteiger partial charge in [-0.1, -0.05) is 40.0 Å². The van der Waals surface area contributed by atoms with Gasteiger partial charge in [-0.3, -0.25) is 0 Å². The molecule has 0 amide bonds. The summed E-state index contributed by atoms with van der Waals surface area (Å²) in [5.41, 5.74) is 0. The van der Waals surface area contributed by atoms with Crippen molar-refractivity contribution in [3.05, 3.63) is 0 Å². The van der Waals surface area contributed by atoms with Crippen molar-refractivity contribution < 1.29 is 0 Å². The maximum atomic E-state index is 2.46. The van der Waals surface area contributed by atoms with E-state index in [1.54, 1.807) is 18.5 Å². The van der Waals surface area contributed by atoms with Crippen LogP contribution >= 0.6 is 7.26 Å². The summed E-state index contributed by atoms with van der Waals surface area (Å²) in [5, 5.41) is 0. The smallest absolute Gasteiger partial charge is 0.0594 e. The highest BCUT2D eigenvalue weighted by Crippen LogP contribution is 2.60. The fourth-order valence-electron chi connectivity index (χ4n) is 2.65. The van der Waals surface area contributed by atoms with Gasteiger partial charge in [-0.05, 0) is 32.6 Å². The molecule has 0 heterocycles. The van der Waals surface area contributed by atoms with Gasteiger partial charge >= 0.3 is 0 Å². The molecule has 1 unspecified atom stereocenters. The Hall–Kier alpha value is 0.430. The lowest BCUT2D eigenvalue weighted by molar-refractivity contribution is 0.701. The molecule has 0 fully saturated rings. The van der Waals surface area contributed by atoms with Crippen LogP contribution in [-0.4, -0.2) is 24.6 Å². The molecular weight excluding hydrogens is 211 g/mol. The highest BCUT2D eigenvalue weighted by Gasteiger charge is 2.32. The van der Waals surface area contributed by atoms with Crippen molar-refractivity contribution in [3.8, 4) is 0 Å². The first-order valence-electron chi connectivity index (χ1n) is 7.59. The topological polar surface area (TPSA) is 0 Å². The molecule has 0 radical (unpaired) electrons. The van der Waals surface area contributed by atoms with Crippen LogP contribution in [-0.2, 0) is 0 Å². The predicted molar refractivity (Wildman–Crippen MR) is 81.4 cm³/mol. The summed E-state index contributed by atoms with van der Waals surface area (Å²) in [4.78, 5) is 0. The zero-order valence-electron chi connectivity index (χ0n) is 12.2. The molecule has 0 N–H and O–H groups in total. The SMILES string of the molecule is CCCCCC[P+](CC)(CCC)CCCC. The first-order valence-corrected chi connectivity index (χ1v) is 10.1. The number of unbranched alkanes of at least 4 members (excludes halogenated alkanes) is 4. The van der Waals surface area contributed by atoms with Crippen molar-refractivity contribution >= 4 is 7.26 Å². The third-order valence-electron chi connectivity index (χ3n) is 3.84. The van der Waals surface area contributed by atoms with E-state index in [4.69, 9.17) is 0 Å². The predicted octanol–water partition coefficient (Wildman–Crippen LogP) is 5.81. The number of hydrogen-bond donors (Lipinski definition) is 0. The second-order valence-corrected chi connectivity index (χ2v) is 9.90. The van der Waals surface area contributed by atoms with Gasteiger partial charge in [-0.15, -0.1) is 0 Å². The summed E-state index contributed by atoms with van der Waals surface area (Å²) < 4.78 is 0. The largest absolute Gasteiger partial charge is 0.0654 e. The summed E-state index contributed by atoms with van der Waals surface area (Å²) in [6.45, 7) is 9.49. The van der Waals surface area contributed by atoms with Crippen LogP contribution in [0.25, 0.3) is 0 Å². The minimum atomic E-state index is -0.534. The van der Waals surface area contributed by atoms with Crippen molar-refractivity contribution in [2.24, 2.45) is 0 Å². The van der Waals surface area contributed by atoms with Gasteiger partial charge in [-0.25, -0.2) is 0 Å². The summed E-state index contributed by atoms with van der Waals surface area (Å²) >= 11 is 0. The summed E-state index contributed by atoms with van der Waals surface area (Å²) in [7, 11) is -0.534. The van der Waals surface area contributed by atoms with Crippen LogP contribution in [0.15, 0.2) is 0 Å². The monoisotopic (exact) mass is 245 g/mol. The lowest BCUT2D eigenvalue weighted by atomic mass is 10.2. The van der Waals surface area contributed by atoms with Gasteiger partial charge in [-0.2, -0.15) is 0 Å². The van der Waals surface area contributed by atoms with Crippen LogP contribution in [0.1, 0.15) is 72.6 Å². The van der Waals surface area contributed by atoms with Gasteiger partial charge in [0.2, 0.25) is 0 Å². The Bertz CT molecular complexity index is 144. The lowest BCUT2D eigenvalue weighted by Crippen LogP contribution is -2.10. The molecule has 16 heavy (non-hydrogen) atoms. The first-order chi connectivity index (χ1) is 7.74. The van der Waals surface area contributed by atoms with Crippen LogP contribution in [0.2, 0.25) is 0 Å². The molecule has 0 bridgehead atoms. The highest BCUT2D eigenvalue weighted by atomic mass is 31.2. The van der Waals surface area contributed by atoms with Crippen molar-refractivity contribution in [3.63, 3.8) is 0 Å². The molecule has 0 aliphatic heterocycles. The zero-order chi connectivity index (χ0) is 12.3. The van der Waals surface area contributed by atoms with E-state index < -0.39 is 7.26 Å². The molecule has 0 spiro atoms. The van der Waals surface area contributed by atoms with E-state index in [9.17, 15) is 0 Å². The number of rotatable bonds is 11. The van der Waals surface area contributed by atoms with Crippen LogP contribution in [0, 0.1) is 0 Å². The maximum absolute atomic E-state index is 2.46. The van der Waals surface area contributed by atoms with Crippen molar-refractivity contribution in [1.29, 1.82) is 0 Å². The van der Waals surface area contributed by atoms with Gasteiger partial charge in [0.1, 0.15) is 0 Å². The van der Waals surface area contributed by atoms with E-state index in [1.165, 1.54) is 51.1 Å². The normalized spacial score (nSPS) is 15.0. The van der Waals surface area contributed by atoms with E-state index in [1.807, 2.05) is 0 Å². The maximum Gasteiger partial charge on any atom is 0.0594 e. The summed E-state index contributed by atoms with van der Waals surface area (Å²) in [6, 6.07) is 0. The van der Waals surface area contributed by atoms with Crippen LogP contribution in [0.5, 0.6) is 0 Å². The van der Waals surface area contributed by atoms with Crippen molar-refractivity contribution in [1.82, 2.24) is 0 Å². The molecule has 0 saturated heterocycles. The third kappa shape index (κ3) is 6.89. The van der Waals surface area contributed by atoms with E-state index in [0.717, 1.165) is 0 Å². The zero-order valence-corrected chi connectivity index (χ0v) is 13.1. The van der Waals surface area contributed by atoms with Crippen molar-refractivity contribution in [2.45, 2.75) is 72.6 Å². The second-order valence-electron chi connectivity index (χ2n) is 5.24. The average molecular weight is 245 g/mol. The lowest BCUT2D eigenvalue weighted by Gasteiger charge is -2.26. The summed E-state index contributed by atoms with van der Waals surface area (Å²) in [5.74, 6) is 0. The molecule has 98 valence electrons. The van der Waals surface area contributed by atoms with Gasteiger partial charge in [0.15, 0.2) is 0 Å². The Morgan fingerprint density at radius 3 is 1.69 bits per heavy atom. The molecule has 0 saturated carbocycles. The molecule has 1 heteroatoms. The van der Waals surface area contributed by atoms with E-state index in [0.29, 0.717) is 0 Å². The molecular formula is C15H34P+. The molecule has 0 aromatic heterocycles. The van der Waals surface area contributed by atoms with E-state index in [-0.39, 0.29) is 0 Å². The molecule has 1 atom stereocenters. The minimum absolute atomic E-state index is 0.534. The Kier molecular flexibility index (Phi) is 10.9. The Morgan fingerprint density at radius 2 is 1.19 bits per heavy atom. The standard InChI is InChI=1S/C15H34P/c1-5-9-11-12-15-16(8-4,13-7-3)14-10-6-2/h5-15H2,1-4H3/q+1. The average Bonchev–Trinajstić information content (AvgIpc) is 2.31. The first kappa shape index (κ1) is 16.4.